The second-order valence-corrected chi connectivity index (χ2v) is 4.24. The summed E-state index contributed by atoms with van der Waals surface area (Å²) < 4.78 is 1.12. The van der Waals surface area contributed by atoms with E-state index >= 15 is 0 Å². The lowest BCUT2D eigenvalue weighted by Crippen LogP contribution is -2.03. The molecule has 14 heavy (non-hydrogen) atoms. The summed E-state index contributed by atoms with van der Waals surface area (Å²) in [6, 6.07) is 12.7. The summed E-state index contributed by atoms with van der Waals surface area (Å²) in [4.78, 5) is 0. The third kappa shape index (κ3) is 1.81. The van der Waals surface area contributed by atoms with Gasteiger partial charge in [-0.15, -0.1) is 0 Å². The number of benzene rings is 2. The Hall–Kier alpha value is -0.860. The van der Waals surface area contributed by atoms with Gasteiger partial charge in [0.2, 0.25) is 0 Å². The van der Waals surface area contributed by atoms with Gasteiger partial charge >= 0.3 is 0 Å². The summed E-state index contributed by atoms with van der Waals surface area (Å²) >= 11 is 3.51. The molecule has 0 aromatic heterocycles. The number of hydrogen-bond donors (Lipinski definition) is 1. The van der Waals surface area contributed by atoms with Crippen LogP contribution in [0.3, 0.4) is 0 Å². The molecule has 0 aliphatic carbocycles. The molecule has 2 N–H and O–H groups in total. The number of nitrogens with two attached hydrogens (primary N) is 1. The fraction of sp³-hybridized carbons (Fsp3) is 0.167. The van der Waals surface area contributed by atoms with Gasteiger partial charge in [0.1, 0.15) is 0 Å². The minimum atomic E-state index is 0.695. The fourth-order valence-electron chi connectivity index (χ4n) is 1.71. The van der Waals surface area contributed by atoms with Crippen LogP contribution in [-0.4, -0.2) is 6.54 Å². The van der Waals surface area contributed by atoms with Gasteiger partial charge in [0.25, 0.3) is 0 Å². The molecule has 0 atom stereocenters. The maximum absolute atomic E-state index is 5.59. The maximum Gasteiger partial charge on any atom is 0.0184 e. The van der Waals surface area contributed by atoms with Gasteiger partial charge < -0.3 is 5.73 Å². The summed E-state index contributed by atoms with van der Waals surface area (Å²) in [6.45, 7) is 0.695. The smallest absolute Gasteiger partial charge is 0.0184 e. The van der Waals surface area contributed by atoms with Crippen LogP contribution < -0.4 is 5.73 Å². The summed E-state index contributed by atoms with van der Waals surface area (Å²) in [6.07, 6.45) is 0.931. The number of halogens is 1. The number of hydrogen-bond acceptors (Lipinski definition) is 1. The number of rotatable bonds is 2. The van der Waals surface area contributed by atoms with E-state index in [-0.39, 0.29) is 0 Å². The molecule has 0 fully saturated rings. The molecule has 0 aliphatic heterocycles. The molecule has 0 saturated carbocycles. The van der Waals surface area contributed by atoms with Crippen molar-refractivity contribution in [3.63, 3.8) is 0 Å². The lowest BCUT2D eigenvalue weighted by atomic mass is 10.0. The van der Waals surface area contributed by atoms with Gasteiger partial charge in [-0.3, -0.25) is 0 Å². The molecule has 2 aromatic rings. The first kappa shape index (κ1) is 9.69. The van der Waals surface area contributed by atoms with Gasteiger partial charge in [0.05, 0.1) is 0 Å². The molecule has 0 heterocycles. The van der Waals surface area contributed by atoms with E-state index in [1.165, 1.54) is 16.3 Å². The topological polar surface area (TPSA) is 26.0 Å². The van der Waals surface area contributed by atoms with E-state index in [0.29, 0.717) is 6.54 Å². The molecule has 2 heteroatoms. The van der Waals surface area contributed by atoms with Crippen LogP contribution in [0.25, 0.3) is 10.8 Å². The third-order valence-corrected chi connectivity index (χ3v) is 2.78. The zero-order valence-electron chi connectivity index (χ0n) is 7.83. The average molecular weight is 250 g/mol. The van der Waals surface area contributed by atoms with E-state index in [1.54, 1.807) is 0 Å². The van der Waals surface area contributed by atoms with Crippen LogP contribution >= 0.6 is 15.9 Å². The predicted octanol–water partition coefficient (Wildman–Crippen LogP) is 3.10. The minimum absolute atomic E-state index is 0.695. The standard InChI is InChI=1S/C12H12BrN/c13-11-7-9-3-1-2-4-12(9)10(8-11)5-6-14/h1-4,7-8H,5-6,14H2. The van der Waals surface area contributed by atoms with Crippen LogP contribution in [0.4, 0.5) is 0 Å². The first-order valence-corrected chi connectivity index (χ1v) is 5.48. The highest BCUT2D eigenvalue weighted by atomic mass is 79.9. The first-order chi connectivity index (χ1) is 6.81. The van der Waals surface area contributed by atoms with Gasteiger partial charge in [0.15, 0.2) is 0 Å². The van der Waals surface area contributed by atoms with Crippen molar-refractivity contribution >= 4 is 26.7 Å². The Kier molecular flexibility index (Phi) is 2.85. The zero-order valence-corrected chi connectivity index (χ0v) is 9.42. The Labute approximate surface area is 92.1 Å². The van der Waals surface area contributed by atoms with E-state index < -0.39 is 0 Å². The molecular weight excluding hydrogens is 238 g/mol. The van der Waals surface area contributed by atoms with Crippen LogP contribution in [0.2, 0.25) is 0 Å². The van der Waals surface area contributed by atoms with Crippen LogP contribution in [0.5, 0.6) is 0 Å². The summed E-state index contributed by atoms with van der Waals surface area (Å²) in [7, 11) is 0. The second kappa shape index (κ2) is 4.11. The largest absolute Gasteiger partial charge is 0.330 e. The van der Waals surface area contributed by atoms with Crippen molar-refractivity contribution < 1.29 is 0 Å². The quantitative estimate of drug-likeness (QED) is 0.870. The van der Waals surface area contributed by atoms with Crippen molar-refractivity contribution in [2.45, 2.75) is 6.42 Å². The lowest BCUT2D eigenvalue weighted by molar-refractivity contribution is 0.976. The molecule has 0 spiro atoms. The Morgan fingerprint density at radius 3 is 2.71 bits per heavy atom. The monoisotopic (exact) mass is 249 g/mol. The van der Waals surface area contributed by atoms with Crippen LogP contribution in [-0.2, 0) is 6.42 Å². The predicted molar refractivity (Wildman–Crippen MR) is 64.4 cm³/mol. The molecule has 0 bridgehead atoms. The minimum Gasteiger partial charge on any atom is -0.330 e. The molecule has 0 radical (unpaired) electrons. The Morgan fingerprint density at radius 1 is 1.14 bits per heavy atom. The Bertz CT molecular complexity index is 451. The highest BCUT2D eigenvalue weighted by Crippen LogP contribution is 2.24. The molecule has 72 valence electrons. The normalized spacial score (nSPS) is 10.7. The Morgan fingerprint density at radius 2 is 1.93 bits per heavy atom. The molecule has 2 aromatic carbocycles. The lowest BCUT2D eigenvalue weighted by Gasteiger charge is -2.06. The molecule has 2 rings (SSSR count). The Balaban J connectivity index is 2.67. The van der Waals surface area contributed by atoms with E-state index in [1.807, 2.05) is 0 Å². The molecule has 1 nitrogen and oxygen atoms in total. The summed E-state index contributed by atoms with van der Waals surface area (Å²) in [5, 5.41) is 2.58. The van der Waals surface area contributed by atoms with Gasteiger partial charge in [-0.1, -0.05) is 40.2 Å². The van der Waals surface area contributed by atoms with Crippen molar-refractivity contribution in [3.05, 3.63) is 46.4 Å². The fourth-order valence-corrected chi connectivity index (χ4v) is 2.24. The SMILES string of the molecule is NCCc1cc(Br)cc2ccccc12. The van der Waals surface area contributed by atoms with Crippen molar-refractivity contribution in [3.8, 4) is 0 Å². The van der Waals surface area contributed by atoms with E-state index in [0.717, 1.165) is 10.9 Å². The zero-order chi connectivity index (χ0) is 9.97. The van der Waals surface area contributed by atoms with Crippen molar-refractivity contribution in [1.82, 2.24) is 0 Å². The highest BCUT2D eigenvalue weighted by molar-refractivity contribution is 9.10. The van der Waals surface area contributed by atoms with E-state index in [2.05, 4.69) is 52.3 Å². The first-order valence-electron chi connectivity index (χ1n) is 4.68. The van der Waals surface area contributed by atoms with Crippen LogP contribution in [0, 0.1) is 0 Å². The average Bonchev–Trinajstić information content (AvgIpc) is 2.18. The van der Waals surface area contributed by atoms with Crippen molar-refractivity contribution in [1.29, 1.82) is 0 Å². The van der Waals surface area contributed by atoms with E-state index in [9.17, 15) is 0 Å². The second-order valence-electron chi connectivity index (χ2n) is 3.32. The molecule has 0 saturated heterocycles. The van der Waals surface area contributed by atoms with Crippen molar-refractivity contribution in [2.24, 2.45) is 5.73 Å². The highest BCUT2D eigenvalue weighted by Gasteiger charge is 2.01. The summed E-state index contributed by atoms with van der Waals surface area (Å²) in [5.41, 5.74) is 6.90. The molecule has 0 aliphatic rings. The summed E-state index contributed by atoms with van der Waals surface area (Å²) in [5.74, 6) is 0. The van der Waals surface area contributed by atoms with Gasteiger partial charge in [0, 0.05) is 4.47 Å². The number of fused-ring (bicyclic) bond motifs is 1. The third-order valence-electron chi connectivity index (χ3n) is 2.33. The molecular formula is C12H12BrN. The molecule has 0 unspecified atom stereocenters. The van der Waals surface area contributed by atoms with Crippen LogP contribution in [0.15, 0.2) is 40.9 Å². The van der Waals surface area contributed by atoms with Crippen molar-refractivity contribution in [2.75, 3.05) is 6.54 Å². The van der Waals surface area contributed by atoms with E-state index in [4.69, 9.17) is 5.73 Å². The van der Waals surface area contributed by atoms with Crippen LogP contribution in [0.1, 0.15) is 5.56 Å². The maximum atomic E-state index is 5.59. The van der Waals surface area contributed by atoms with Gasteiger partial charge in [-0.2, -0.15) is 0 Å². The van der Waals surface area contributed by atoms with Gasteiger partial charge in [-0.05, 0) is 41.4 Å². The van der Waals surface area contributed by atoms with Gasteiger partial charge in [-0.25, -0.2) is 0 Å². The molecule has 0 amide bonds.